The summed E-state index contributed by atoms with van der Waals surface area (Å²) in [5, 5.41) is 11.7. The van der Waals surface area contributed by atoms with Crippen LogP contribution < -0.4 is 14.8 Å². The number of hydrogen-bond donors (Lipinski definition) is 1. The van der Waals surface area contributed by atoms with Gasteiger partial charge in [0, 0.05) is 4.47 Å². The van der Waals surface area contributed by atoms with Gasteiger partial charge in [-0.05, 0) is 35.9 Å². The van der Waals surface area contributed by atoms with Crippen molar-refractivity contribution in [3.8, 4) is 17.6 Å². The lowest BCUT2D eigenvalue weighted by Gasteiger charge is -2.12. The van der Waals surface area contributed by atoms with Crippen molar-refractivity contribution in [1.82, 2.24) is 0 Å². The van der Waals surface area contributed by atoms with E-state index in [1.807, 2.05) is 6.07 Å². The average Bonchev–Trinajstić information content (AvgIpc) is 2.67. The number of benzene rings is 2. The minimum absolute atomic E-state index is 0.00605. The molecule has 0 radical (unpaired) electrons. The molecule has 0 saturated heterocycles. The number of nitrogens with one attached hydrogen (secondary N) is 1. The first-order chi connectivity index (χ1) is 13.0. The molecule has 0 unspecified atom stereocenters. The van der Waals surface area contributed by atoms with Gasteiger partial charge in [0.2, 0.25) is 0 Å². The first-order valence-electron chi connectivity index (χ1n) is 7.79. The highest BCUT2D eigenvalue weighted by atomic mass is 79.9. The van der Waals surface area contributed by atoms with E-state index in [2.05, 4.69) is 27.8 Å². The number of carbonyl (C=O) groups excluding carboxylic acids is 1. The summed E-state index contributed by atoms with van der Waals surface area (Å²) in [6.45, 7) is 3.89. The number of nitriles is 1. The number of amides is 1. The van der Waals surface area contributed by atoms with E-state index in [0.29, 0.717) is 28.1 Å². The summed E-state index contributed by atoms with van der Waals surface area (Å²) in [7, 11) is 1.48. The number of ether oxygens (including phenoxy) is 2. The van der Waals surface area contributed by atoms with Crippen molar-refractivity contribution in [2.75, 3.05) is 19.0 Å². The lowest BCUT2D eigenvalue weighted by atomic mass is 10.1. The topological polar surface area (TPSA) is 71.3 Å². The van der Waals surface area contributed by atoms with Crippen molar-refractivity contribution < 1.29 is 18.7 Å². The van der Waals surface area contributed by atoms with Crippen molar-refractivity contribution in [2.45, 2.75) is 0 Å². The van der Waals surface area contributed by atoms with E-state index in [1.165, 1.54) is 31.4 Å². The van der Waals surface area contributed by atoms with Crippen LogP contribution in [0, 0.1) is 17.1 Å². The van der Waals surface area contributed by atoms with Gasteiger partial charge in [0.25, 0.3) is 5.91 Å². The van der Waals surface area contributed by atoms with Crippen LogP contribution in [-0.2, 0) is 4.79 Å². The van der Waals surface area contributed by atoms with Gasteiger partial charge in [-0.15, -0.1) is 0 Å². The average molecular weight is 431 g/mol. The van der Waals surface area contributed by atoms with Crippen LogP contribution in [0.2, 0.25) is 0 Å². The van der Waals surface area contributed by atoms with Gasteiger partial charge >= 0.3 is 0 Å². The monoisotopic (exact) mass is 430 g/mol. The highest BCUT2D eigenvalue weighted by molar-refractivity contribution is 9.10. The first kappa shape index (κ1) is 20.2. The number of rotatable bonds is 7. The third-order valence-corrected chi connectivity index (χ3v) is 4.11. The zero-order valence-electron chi connectivity index (χ0n) is 14.5. The lowest BCUT2D eigenvalue weighted by Crippen LogP contribution is -2.14. The molecule has 0 bridgehead atoms. The van der Waals surface area contributed by atoms with Gasteiger partial charge in [-0.25, -0.2) is 4.39 Å². The molecule has 1 N–H and O–H groups in total. The molecule has 27 heavy (non-hydrogen) atoms. The quantitative estimate of drug-likeness (QED) is 0.392. The van der Waals surface area contributed by atoms with Gasteiger partial charge in [-0.1, -0.05) is 40.7 Å². The van der Waals surface area contributed by atoms with E-state index < -0.39 is 11.7 Å². The maximum Gasteiger partial charge on any atom is 0.266 e. The fourth-order valence-corrected chi connectivity index (χ4v) is 2.58. The SMILES string of the molecule is C=CCOc1cc(Br)c(/C=C(/C#N)C(=O)Nc2ccccc2F)cc1OC. The molecule has 5 nitrogen and oxygen atoms in total. The predicted octanol–water partition coefficient (Wildman–Crippen LogP) is 4.71. The molecule has 0 spiro atoms. The Morgan fingerprint density at radius 1 is 1.37 bits per heavy atom. The number of methoxy groups -OCH3 is 1. The van der Waals surface area contributed by atoms with Crippen LogP contribution >= 0.6 is 15.9 Å². The minimum Gasteiger partial charge on any atom is -0.493 e. The molecule has 0 aliphatic rings. The summed E-state index contributed by atoms with van der Waals surface area (Å²) in [6, 6.07) is 10.8. The second-order valence-electron chi connectivity index (χ2n) is 5.23. The summed E-state index contributed by atoms with van der Waals surface area (Å²) < 4.78 is 25.1. The van der Waals surface area contributed by atoms with Gasteiger partial charge < -0.3 is 14.8 Å². The van der Waals surface area contributed by atoms with Gasteiger partial charge in [-0.2, -0.15) is 5.26 Å². The van der Waals surface area contributed by atoms with Crippen molar-refractivity contribution in [3.63, 3.8) is 0 Å². The second-order valence-corrected chi connectivity index (χ2v) is 6.08. The molecule has 0 saturated carbocycles. The van der Waals surface area contributed by atoms with E-state index >= 15 is 0 Å². The largest absolute Gasteiger partial charge is 0.493 e. The van der Waals surface area contributed by atoms with E-state index in [4.69, 9.17) is 9.47 Å². The van der Waals surface area contributed by atoms with Gasteiger partial charge in [0.05, 0.1) is 12.8 Å². The Balaban J connectivity index is 2.34. The van der Waals surface area contributed by atoms with E-state index in [-0.39, 0.29) is 11.3 Å². The second kappa shape index (κ2) is 9.55. The standard InChI is InChI=1S/C20H16BrFN2O3/c1-3-8-27-19-11-15(21)13(10-18(19)26-2)9-14(12-23)20(25)24-17-7-5-4-6-16(17)22/h3-7,9-11H,1,8H2,2H3,(H,24,25)/b14-9-. The van der Waals surface area contributed by atoms with Gasteiger partial charge in [0.1, 0.15) is 24.1 Å². The molecule has 7 heteroatoms. The zero-order chi connectivity index (χ0) is 19.8. The number of para-hydroxylation sites is 1. The molecule has 0 heterocycles. The fourth-order valence-electron chi connectivity index (χ4n) is 2.14. The number of carbonyl (C=O) groups is 1. The van der Waals surface area contributed by atoms with Crippen LogP contribution in [0.15, 0.2) is 59.1 Å². The Labute approximate surface area is 164 Å². The summed E-state index contributed by atoms with van der Waals surface area (Å²) in [4.78, 5) is 12.3. The molecule has 2 aromatic carbocycles. The molecule has 138 valence electrons. The van der Waals surface area contributed by atoms with E-state index in [1.54, 1.807) is 24.3 Å². The Morgan fingerprint density at radius 3 is 2.74 bits per heavy atom. The fraction of sp³-hybridized carbons (Fsp3) is 0.100. The molecule has 2 rings (SSSR count). The zero-order valence-corrected chi connectivity index (χ0v) is 16.0. The Bertz CT molecular complexity index is 935. The van der Waals surface area contributed by atoms with E-state index in [9.17, 15) is 14.4 Å². The third kappa shape index (κ3) is 5.19. The van der Waals surface area contributed by atoms with Gasteiger partial charge in [-0.3, -0.25) is 4.79 Å². The highest BCUT2D eigenvalue weighted by Crippen LogP contribution is 2.34. The maximum atomic E-state index is 13.7. The predicted molar refractivity (Wildman–Crippen MR) is 105 cm³/mol. The van der Waals surface area contributed by atoms with Crippen molar-refractivity contribution in [1.29, 1.82) is 5.26 Å². The molecule has 0 aromatic heterocycles. The van der Waals surface area contributed by atoms with Crippen LogP contribution in [0.5, 0.6) is 11.5 Å². The third-order valence-electron chi connectivity index (χ3n) is 3.43. The van der Waals surface area contributed by atoms with E-state index in [0.717, 1.165) is 0 Å². The number of hydrogen-bond acceptors (Lipinski definition) is 4. The minimum atomic E-state index is -0.722. The van der Waals surface area contributed by atoms with Crippen molar-refractivity contribution in [2.24, 2.45) is 0 Å². The summed E-state index contributed by atoms with van der Waals surface area (Å²) in [6.07, 6.45) is 2.97. The molecule has 0 aliphatic carbocycles. The molecular formula is C20H16BrFN2O3. The normalized spacial score (nSPS) is 10.7. The van der Waals surface area contributed by atoms with Crippen molar-refractivity contribution in [3.05, 3.63) is 70.5 Å². The smallest absolute Gasteiger partial charge is 0.266 e. The molecule has 2 aromatic rings. The van der Waals surface area contributed by atoms with Crippen LogP contribution in [0.25, 0.3) is 6.08 Å². The Kier molecular flexibility index (Phi) is 7.15. The summed E-state index contributed by atoms with van der Waals surface area (Å²) in [5.41, 5.74) is 0.326. The van der Waals surface area contributed by atoms with Crippen LogP contribution in [-0.4, -0.2) is 19.6 Å². The molecule has 0 atom stereocenters. The number of halogens is 2. The van der Waals surface area contributed by atoms with Gasteiger partial charge in [0.15, 0.2) is 11.5 Å². The first-order valence-corrected chi connectivity index (χ1v) is 8.58. The summed E-state index contributed by atoms with van der Waals surface area (Å²) in [5.74, 6) is -0.399. The Morgan fingerprint density at radius 2 is 2.11 bits per heavy atom. The molecular weight excluding hydrogens is 415 g/mol. The highest BCUT2D eigenvalue weighted by Gasteiger charge is 2.14. The molecule has 1 amide bonds. The summed E-state index contributed by atoms with van der Waals surface area (Å²) >= 11 is 3.38. The number of nitrogens with zero attached hydrogens (tertiary/aromatic N) is 1. The molecule has 0 aliphatic heterocycles. The lowest BCUT2D eigenvalue weighted by molar-refractivity contribution is -0.112. The van der Waals surface area contributed by atoms with Crippen LogP contribution in [0.3, 0.4) is 0 Å². The van der Waals surface area contributed by atoms with Crippen molar-refractivity contribution >= 4 is 33.6 Å². The van der Waals surface area contributed by atoms with Crippen LogP contribution in [0.1, 0.15) is 5.56 Å². The number of anilines is 1. The van der Waals surface area contributed by atoms with Crippen LogP contribution in [0.4, 0.5) is 10.1 Å². The molecule has 0 fully saturated rings. The maximum absolute atomic E-state index is 13.7. The Hall–Kier alpha value is -3.11.